The molecular formula is C23H19ClN4S. The van der Waals surface area contributed by atoms with E-state index in [9.17, 15) is 0 Å². The lowest BCUT2D eigenvalue weighted by Crippen LogP contribution is -2.23. The largest absolute Gasteiger partial charge is 0.354 e. The molecule has 6 heteroatoms. The Hall–Kier alpha value is -3.15. The summed E-state index contributed by atoms with van der Waals surface area (Å²) in [4.78, 5) is 3.47. The minimum Gasteiger partial charge on any atom is -0.354 e. The summed E-state index contributed by atoms with van der Waals surface area (Å²) in [6.07, 6.45) is 1.78. The molecule has 0 bridgehead atoms. The molecule has 29 heavy (non-hydrogen) atoms. The number of aromatic nitrogens is 1. The summed E-state index contributed by atoms with van der Waals surface area (Å²) in [6, 6.07) is 23.9. The van der Waals surface area contributed by atoms with Crippen molar-refractivity contribution < 1.29 is 0 Å². The fourth-order valence-electron chi connectivity index (χ4n) is 3.18. The zero-order chi connectivity index (χ0) is 20.2. The summed E-state index contributed by atoms with van der Waals surface area (Å²) in [7, 11) is 0. The molecule has 3 aromatic carbocycles. The number of thiocarbonyl (C=S) groups is 1. The van der Waals surface area contributed by atoms with E-state index in [2.05, 4.69) is 26.9 Å². The van der Waals surface area contributed by atoms with Crippen molar-refractivity contribution in [2.24, 2.45) is 5.10 Å². The second kappa shape index (κ2) is 8.47. The SMILES string of the molecule is Cc1cccc(NC(=S)N/N=C/c2c(-c3ccc(Cl)cc3)[nH]c3ccccc23)c1. The fourth-order valence-corrected chi connectivity index (χ4v) is 3.48. The highest BCUT2D eigenvalue weighted by molar-refractivity contribution is 7.80. The van der Waals surface area contributed by atoms with E-state index in [1.54, 1.807) is 6.21 Å². The number of hydrazone groups is 1. The van der Waals surface area contributed by atoms with E-state index >= 15 is 0 Å². The Bertz CT molecular complexity index is 1200. The molecule has 0 amide bonds. The number of anilines is 1. The van der Waals surface area contributed by atoms with Crippen LogP contribution in [0.3, 0.4) is 0 Å². The summed E-state index contributed by atoms with van der Waals surface area (Å²) < 4.78 is 0. The van der Waals surface area contributed by atoms with Gasteiger partial charge in [-0.05, 0) is 60.6 Å². The number of rotatable bonds is 4. The monoisotopic (exact) mass is 418 g/mol. The van der Waals surface area contributed by atoms with Crippen LogP contribution in [-0.4, -0.2) is 16.3 Å². The first-order valence-electron chi connectivity index (χ1n) is 9.13. The Morgan fingerprint density at radius 2 is 1.83 bits per heavy atom. The lowest BCUT2D eigenvalue weighted by atomic mass is 10.1. The third-order valence-corrected chi connectivity index (χ3v) is 4.96. The average molecular weight is 419 g/mol. The van der Waals surface area contributed by atoms with Crippen LogP contribution in [0.1, 0.15) is 11.1 Å². The predicted molar refractivity (Wildman–Crippen MR) is 127 cm³/mol. The molecular weight excluding hydrogens is 400 g/mol. The van der Waals surface area contributed by atoms with Crippen LogP contribution in [0.4, 0.5) is 5.69 Å². The third-order valence-electron chi connectivity index (χ3n) is 4.51. The molecule has 0 aliphatic rings. The molecule has 0 aliphatic carbocycles. The Balaban J connectivity index is 1.58. The number of benzene rings is 3. The van der Waals surface area contributed by atoms with Crippen molar-refractivity contribution >= 4 is 51.7 Å². The van der Waals surface area contributed by atoms with Crippen LogP contribution in [0.5, 0.6) is 0 Å². The number of para-hydroxylation sites is 1. The lowest BCUT2D eigenvalue weighted by Gasteiger charge is -2.07. The molecule has 4 nitrogen and oxygen atoms in total. The Morgan fingerprint density at radius 3 is 2.62 bits per heavy atom. The van der Waals surface area contributed by atoms with Gasteiger partial charge in [-0.1, -0.05) is 54.1 Å². The van der Waals surface area contributed by atoms with Crippen LogP contribution in [0.25, 0.3) is 22.2 Å². The van der Waals surface area contributed by atoms with Gasteiger partial charge in [0.1, 0.15) is 0 Å². The second-order valence-electron chi connectivity index (χ2n) is 6.66. The van der Waals surface area contributed by atoms with Gasteiger partial charge in [-0.2, -0.15) is 5.10 Å². The van der Waals surface area contributed by atoms with Crippen LogP contribution in [0.15, 0.2) is 77.9 Å². The minimum absolute atomic E-state index is 0.430. The van der Waals surface area contributed by atoms with Crippen LogP contribution in [0.2, 0.25) is 5.02 Å². The second-order valence-corrected chi connectivity index (χ2v) is 7.50. The molecule has 0 aliphatic heterocycles. The van der Waals surface area contributed by atoms with Gasteiger partial charge in [-0.3, -0.25) is 5.43 Å². The number of nitrogens with zero attached hydrogens (tertiary/aromatic N) is 1. The number of halogens is 1. The summed E-state index contributed by atoms with van der Waals surface area (Å²) in [5, 5.41) is 9.72. The van der Waals surface area contributed by atoms with E-state index in [4.69, 9.17) is 23.8 Å². The smallest absolute Gasteiger partial charge is 0.191 e. The number of H-pyrrole nitrogens is 1. The molecule has 0 fully saturated rings. The van der Waals surface area contributed by atoms with E-state index in [0.29, 0.717) is 10.1 Å². The summed E-state index contributed by atoms with van der Waals surface area (Å²) in [6.45, 7) is 2.04. The van der Waals surface area contributed by atoms with Gasteiger partial charge in [0.15, 0.2) is 5.11 Å². The highest BCUT2D eigenvalue weighted by Crippen LogP contribution is 2.29. The van der Waals surface area contributed by atoms with Gasteiger partial charge >= 0.3 is 0 Å². The van der Waals surface area contributed by atoms with Gasteiger partial charge in [0, 0.05) is 27.2 Å². The molecule has 1 aromatic heterocycles. The van der Waals surface area contributed by atoms with Crippen molar-refractivity contribution in [3.8, 4) is 11.3 Å². The maximum Gasteiger partial charge on any atom is 0.191 e. The maximum atomic E-state index is 6.04. The maximum absolute atomic E-state index is 6.04. The first-order chi connectivity index (χ1) is 14.1. The summed E-state index contributed by atoms with van der Waals surface area (Å²) in [5.41, 5.74) is 9.01. The quantitative estimate of drug-likeness (QED) is 0.212. The summed E-state index contributed by atoms with van der Waals surface area (Å²) >= 11 is 11.4. The highest BCUT2D eigenvalue weighted by Gasteiger charge is 2.11. The first kappa shape index (κ1) is 19.2. The third kappa shape index (κ3) is 4.47. The number of hydrogen-bond donors (Lipinski definition) is 3. The van der Waals surface area contributed by atoms with Gasteiger partial charge in [-0.15, -0.1) is 0 Å². The van der Waals surface area contributed by atoms with Gasteiger partial charge in [0.2, 0.25) is 0 Å². The van der Waals surface area contributed by atoms with Crippen molar-refractivity contribution in [1.29, 1.82) is 0 Å². The van der Waals surface area contributed by atoms with E-state index in [-0.39, 0.29) is 0 Å². The molecule has 0 atom stereocenters. The topological polar surface area (TPSA) is 52.2 Å². The van der Waals surface area contributed by atoms with Crippen LogP contribution in [-0.2, 0) is 0 Å². The van der Waals surface area contributed by atoms with E-state index in [1.807, 2.05) is 73.7 Å². The Morgan fingerprint density at radius 1 is 1.03 bits per heavy atom. The van der Waals surface area contributed by atoms with E-state index < -0.39 is 0 Å². The lowest BCUT2D eigenvalue weighted by molar-refractivity contribution is 1.05. The number of aromatic amines is 1. The Kier molecular flexibility index (Phi) is 5.60. The van der Waals surface area contributed by atoms with Gasteiger partial charge in [0.25, 0.3) is 0 Å². The number of aryl methyl sites for hydroxylation is 1. The molecule has 3 N–H and O–H groups in total. The molecule has 0 saturated heterocycles. The standard InChI is InChI=1S/C23H19ClN4S/c1-15-5-4-6-18(13-15)26-23(29)28-25-14-20-19-7-2-3-8-21(19)27-22(20)16-9-11-17(24)12-10-16/h2-14,27H,1H3,(H2,26,28,29)/b25-14+. The van der Waals surface area contributed by atoms with Crippen molar-refractivity contribution in [3.05, 3.63) is 88.9 Å². The molecule has 0 unspecified atom stereocenters. The highest BCUT2D eigenvalue weighted by atomic mass is 35.5. The van der Waals surface area contributed by atoms with Crippen LogP contribution in [0, 0.1) is 6.92 Å². The molecule has 0 saturated carbocycles. The fraction of sp³-hybridized carbons (Fsp3) is 0.0435. The van der Waals surface area contributed by atoms with Gasteiger partial charge in [-0.25, -0.2) is 0 Å². The first-order valence-corrected chi connectivity index (χ1v) is 9.92. The van der Waals surface area contributed by atoms with E-state index in [1.165, 1.54) is 0 Å². The van der Waals surface area contributed by atoms with Crippen molar-refractivity contribution in [2.75, 3.05) is 5.32 Å². The van der Waals surface area contributed by atoms with Gasteiger partial charge < -0.3 is 10.3 Å². The molecule has 0 radical (unpaired) electrons. The van der Waals surface area contributed by atoms with Crippen LogP contribution >= 0.6 is 23.8 Å². The number of nitrogens with one attached hydrogen (secondary N) is 3. The Labute approximate surface area is 179 Å². The number of hydrogen-bond acceptors (Lipinski definition) is 2. The van der Waals surface area contributed by atoms with Crippen molar-refractivity contribution in [2.45, 2.75) is 6.92 Å². The van der Waals surface area contributed by atoms with Gasteiger partial charge in [0.05, 0.1) is 11.9 Å². The van der Waals surface area contributed by atoms with Crippen molar-refractivity contribution in [1.82, 2.24) is 10.4 Å². The zero-order valence-electron chi connectivity index (χ0n) is 15.7. The molecule has 4 rings (SSSR count). The van der Waals surface area contributed by atoms with E-state index in [0.717, 1.165) is 39.0 Å². The zero-order valence-corrected chi connectivity index (χ0v) is 17.3. The average Bonchev–Trinajstić information content (AvgIpc) is 3.07. The minimum atomic E-state index is 0.430. The summed E-state index contributed by atoms with van der Waals surface area (Å²) in [5.74, 6) is 0. The van der Waals surface area contributed by atoms with Crippen LogP contribution < -0.4 is 10.7 Å². The predicted octanol–water partition coefficient (Wildman–Crippen LogP) is 6.12. The van der Waals surface area contributed by atoms with Crippen molar-refractivity contribution in [3.63, 3.8) is 0 Å². The molecule has 1 heterocycles. The molecule has 144 valence electrons. The molecule has 4 aromatic rings. The molecule has 0 spiro atoms. The number of fused-ring (bicyclic) bond motifs is 1. The normalized spacial score (nSPS) is 11.1.